The van der Waals surface area contributed by atoms with Crippen LogP contribution in [0.5, 0.6) is 0 Å². The molecule has 0 saturated heterocycles. The third kappa shape index (κ3) is 4.58. The zero-order chi connectivity index (χ0) is 22.9. The van der Waals surface area contributed by atoms with Crippen molar-refractivity contribution in [2.45, 2.75) is 19.6 Å². The van der Waals surface area contributed by atoms with Crippen molar-refractivity contribution in [3.8, 4) is 0 Å². The number of nitrogens with one attached hydrogen (secondary N) is 1. The Bertz CT molecular complexity index is 1130. The average molecular weight is 444 g/mol. The quantitative estimate of drug-likeness (QED) is 0.770. The Labute approximate surface area is 181 Å². The van der Waals surface area contributed by atoms with Crippen molar-refractivity contribution in [2.75, 3.05) is 18.4 Å². The smallest absolute Gasteiger partial charge is 0.416 e. The Morgan fingerprint density at radius 3 is 2.69 bits per heavy atom. The summed E-state index contributed by atoms with van der Waals surface area (Å²) in [5.41, 5.74) is 1.15. The Morgan fingerprint density at radius 1 is 1.16 bits per heavy atom. The molecular weight excluding hydrogens is 425 g/mol. The normalized spacial score (nSPS) is 16.1. The summed E-state index contributed by atoms with van der Waals surface area (Å²) in [6.07, 6.45) is -3.14. The fourth-order valence-electron chi connectivity index (χ4n) is 3.31. The summed E-state index contributed by atoms with van der Waals surface area (Å²) in [5, 5.41) is 2.37. The number of nitrogens with zero attached hydrogens (tertiary/aromatic N) is 3. The summed E-state index contributed by atoms with van der Waals surface area (Å²) in [6, 6.07) is 11.4. The number of amidine groups is 1. The van der Waals surface area contributed by atoms with Gasteiger partial charge in [0.25, 0.3) is 5.91 Å². The summed E-state index contributed by atoms with van der Waals surface area (Å²) in [7, 11) is 0. The summed E-state index contributed by atoms with van der Waals surface area (Å²) in [6.45, 7) is 3.05. The highest BCUT2D eigenvalue weighted by Crippen LogP contribution is 2.31. The summed E-state index contributed by atoms with van der Waals surface area (Å²) in [4.78, 5) is 32.1. The highest BCUT2D eigenvalue weighted by molar-refractivity contribution is 6.06. The molecule has 166 valence electrons. The zero-order valence-electron chi connectivity index (χ0n) is 17.0. The molecule has 32 heavy (non-hydrogen) atoms. The Hall–Kier alpha value is -3.82. The van der Waals surface area contributed by atoms with Crippen LogP contribution in [0.25, 0.3) is 0 Å². The monoisotopic (exact) mass is 444 g/mol. The molecule has 0 radical (unpaired) electrons. The van der Waals surface area contributed by atoms with E-state index < -0.39 is 23.7 Å². The van der Waals surface area contributed by atoms with Gasteiger partial charge in [-0.25, -0.2) is 4.79 Å². The molecule has 4 rings (SSSR count). The van der Waals surface area contributed by atoms with E-state index in [4.69, 9.17) is 4.74 Å². The summed E-state index contributed by atoms with van der Waals surface area (Å²) in [5.74, 6) is -0.911. The van der Waals surface area contributed by atoms with Crippen LogP contribution in [-0.4, -0.2) is 40.8 Å². The van der Waals surface area contributed by atoms with E-state index in [2.05, 4.69) is 10.3 Å². The van der Waals surface area contributed by atoms with Gasteiger partial charge in [0, 0.05) is 25.3 Å². The molecule has 3 amide bonds. The van der Waals surface area contributed by atoms with Gasteiger partial charge in [-0.3, -0.25) is 9.69 Å². The lowest BCUT2D eigenvalue weighted by atomic mass is 10.1. The lowest BCUT2D eigenvalue weighted by molar-refractivity contribution is -0.137. The first-order valence-electron chi connectivity index (χ1n) is 9.78. The number of rotatable bonds is 4. The van der Waals surface area contributed by atoms with E-state index in [1.165, 1.54) is 23.2 Å². The first-order chi connectivity index (χ1) is 15.2. The molecule has 1 N–H and O–H groups in total. The molecule has 2 aliphatic rings. The molecule has 0 spiro atoms. The number of anilines is 1. The number of fused-ring (bicyclic) bond motifs is 1. The fraction of sp³-hybridized carbons (Fsp3) is 0.227. The van der Waals surface area contributed by atoms with Crippen LogP contribution < -0.4 is 5.32 Å². The molecule has 2 aliphatic heterocycles. The standard InChI is InChI=1S/C22H19F3N4O3/c1-14-5-2-3-6-15(14)12-28-9-10-29-13-18(32-21(29)27-20(28)31)19(30)26-17-8-4-7-16(11-17)22(23,24)25/h2-8,11,13H,9-10,12H2,1H3,(H,26,30). The van der Waals surface area contributed by atoms with Gasteiger partial charge in [0.15, 0.2) is 0 Å². The van der Waals surface area contributed by atoms with Crippen LogP contribution in [0.1, 0.15) is 16.7 Å². The lowest BCUT2D eigenvalue weighted by Gasteiger charge is -2.20. The van der Waals surface area contributed by atoms with Gasteiger partial charge in [-0.1, -0.05) is 30.3 Å². The number of aliphatic imine (C=N–C) groups is 1. The van der Waals surface area contributed by atoms with Gasteiger partial charge < -0.3 is 15.0 Å². The van der Waals surface area contributed by atoms with Crippen LogP contribution >= 0.6 is 0 Å². The fourth-order valence-corrected chi connectivity index (χ4v) is 3.31. The summed E-state index contributed by atoms with van der Waals surface area (Å²) >= 11 is 0. The molecule has 2 aromatic rings. The highest BCUT2D eigenvalue weighted by atomic mass is 19.4. The van der Waals surface area contributed by atoms with E-state index in [1.807, 2.05) is 31.2 Å². The van der Waals surface area contributed by atoms with Gasteiger partial charge in [0.2, 0.25) is 5.76 Å². The largest absolute Gasteiger partial charge is 0.418 e. The number of halogens is 3. The minimum atomic E-state index is -4.53. The minimum absolute atomic E-state index is 0.0289. The van der Waals surface area contributed by atoms with E-state index in [0.717, 1.165) is 23.3 Å². The lowest BCUT2D eigenvalue weighted by Crippen LogP contribution is -2.32. The van der Waals surface area contributed by atoms with Crippen LogP contribution in [0.3, 0.4) is 0 Å². The second kappa shape index (κ2) is 8.37. The number of carbonyl (C=O) groups excluding carboxylic acids is 2. The van der Waals surface area contributed by atoms with Crippen LogP contribution in [0.2, 0.25) is 0 Å². The first-order valence-corrected chi connectivity index (χ1v) is 9.78. The molecule has 0 aromatic heterocycles. The van der Waals surface area contributed by atoms with Crippen molar-refractivity contribution >= 4 is 23.6 Å². The van der Waals surface area contributed by atoms with Gasteiger partial charge in [0.05, 0.1) is 11.8 Å². The SMILES string of the molecule is Cc1ccccc1CN1CCN2C=C(C(=O)Nc3cccc(C(F)(F)F)c3)OC2=NC1=O. The second-order valence-electron chi connectivity index (χ2n) is 7.35. The molecule has 0 unspecified atom stereocenters. The molecule has 0 saturated carbocycles. The third-order valence-electron chi connectivity index (χ3n) is 5.09. The summed E-state index contributed by atoms with van der Waals surface area (Å²) < 4.78 is 44.0. The number of hydrogen-bond acceptors (Lipinski definition) is 4. The van der Waals surface area contributed by atoms with Crippen molar-refractivity contribution < 1.29 is 27.5 Å². The maximum atomic E-state index is 12.9. The van der Waals surface area contributed by atoms with Gasteiger partial charge in [-0.2, -0.15) is 13.2 Å². The second-order valence-corrected chi connectivity index (χ2v) is 7.35. The van der Waals surface area contributed by atoms with E-state index in [1.54, 1.807) is 4.90 Å². The average Bonchev–Trinajstić information content (AvgIpc) is 3.08. The van der Waals surface area contributed by atoms with E-state index >= 15 is 0 Å². The van der Waals surface area contributed by atoms with E-state index in [-0.39, 0.29) is 17.5 Å². The van der Waals surface area contributed by atoms with Gasteiger partial charge in [-0.15, -0.1) is 4.99 Å². The zero-order valence-corrected chi connectivity index (χ0v) is 17.0. The maximum Gasteiger partial charge on any atom is 0.416 e. The van der Waals surface area contributed by atoms with Crippen molar-refractivity contribution in [3.63, 3.8) is 0 Å². The molecule has 2 heterocycles. The van der Waals surface area contributed by atoms with Crippen LogP contribution in [0.4, 0.5) is 23.7 Å². The van der Waals surface area contributed by atoms with E-state index in [9.17, 15) is 22.8 Å². The predicted octanol–water partition coefficient (Wildman–Crippen LogP) is 4.12. The van der Waals surface area contributed by atoms with Crippen LogP contribution in [0, 0.1) is 6.92 Å². The number of hydrogen-bond donors (Lipinski definition) is 1. The van der Waals surface area contributed by atoms with Crippen LogP contribution in [0.15, 0.2) is 65.5 Å². The number of urea groups is 1. The van der Waals surface area contributed by atoms with Crippen molar-refractivity contribution in [3.05, 3.63) is 77.2 Å². The Kier molecular flexibility index (Phi) is 5.60. The Morgan fingerprint density at radius 2 is 1.94 bits per heavy atom. The molecule has 7 nitrogen and oxygen atoms in total. The first kappa shape index (κ1) is 21.4. The predicted molar refractivity (Wildman–Crippen MR) is 110 cm³/mol. The molecule has 10 heteroatoms. The molecule has 2 aromatic carbocycles. The number of amides is 3. The minimum Gasteiger partial charge on any atom is -0.418 e. The number of carbonyl (C=O) groups is 2. The van der Waals surface area contributed by atoms with E-state index in [0.29, 0.717) is 19.6 Å². The molecule has 0 bridgehead atoms. The molecular formula is C22H19F3N4O3. The Balaban J connectivity index is 1.43. The maximum absolute atomic E-state index is 12.9. The van der Waals surface area contributed by atoms with Crippen molar-refractivity contribution in [2.24, 2.45) is 4.99 Å². The van der Waals surface area contributed by atoms with Gasteiger partial charge >= 0.3 is 18.2 Å². The number of aryl methyl sites for hydroxylation is 1. The topological polar surface area (TPSA) is 74.2 Å². The molecule has 0 aliphatic carbocycles. The molecule has 0 atom stereocenters. The third-order valence-corrected chi connectivity index (χ3v) is 5.09. The number of alkyl halides is 3. The van der Waals surface area contributed by atoms with Crippen molar-refractivity contribution in [1.29, 1.82) is 0 Å². The number of ether oxygens (including phenoxy) is 1. The van der Waals surface area contributed by atoms with Gasteiger partial charge in [0.1, 0.15) is 0 Å². The van der Waals surface area contributed by atoms with Gasteiger partial charge in [-0.05, 0) is 36.2 Å². The number of benzene rings is 2. The highest BCUT2D eigenvalue weighted by Gasteiger charge is 2.33. The van der Waals surface area contributed by atoms with Crippen molar-refractivity contribution in [1.82, 2.24) is 9.80 Å². The molecule has 0 fully saturated rings. The van der Waals surface area contributed by atoms with Crippen LogP contribution in [-0.2, 0) is 22.3 Å².